The molecule has 0 aliphatic rings. The van der Waals surface area contributed by atoms with Crippen LogP contribution in [0.3, 0.4) is 0 Å². The van der Waals surface area contributed by atoms with Crippen LogP contribution in [0.4, 0.5) is 0 Å². The summed E-state index contributed by atoms with van der Waals surface area (Å²) in [7, 11) is 0. The number of pyridine rings is 1. The minimum atomic E-state index is 0.227. The van der Waals surface area contributed by atoms with E-state index in [2.05, 4.69) is 47.2 Å². The third-order valence-electron chi connectivity index (χ3n) is 3.25. The average Bonchev–Trinajstić information content (AvgIpc) is 2.92. The van der Waals surface area contributed by atoms with Gasteiger partial charge in [-0.15, -0.1) is 0 Å². The van der Waals surface area contributed by atoms with Gasteiger partial charge >= 0.3 is 0 Å². The molecular weight excluding hydrogens is 250 g/mol. The van der Waals surface area contributed by atoms with Crippen molar-refractivity contribution in [3.63, 3.8) is 0 Å². The Morgan fingerprint density at radius 2 is 2.20 bits per heavy atom. The van der Waals surface area contributed by atoms with E-state index in [1.165, 1.54) is 5.56 Å². The Morgan fingerprint density at radius 3 is 2.85 bits per heavy atom. The summed E-state index contributed by atoms with van der Waals surface area (Å²) in [5, 5.41) is 7.87. The first-order chi connectivity index (χ1) is 9.72. The molecule has 5 nitrogen and oxygen atoms in total. The standard InChI is InChI=1S/C15H23N5/c1-4-7-17-14(13-6-5-8-16-10-13)9-15-18-11-19-20(15)12(2)3/h5-6,8,10-12,14,17H,4,7,9H2,1-3H3. The molecule has 0 radical (unpaired) electrons. The molecule has 0 aromatic carbocycles. The van der Waals surface area contributed by atoms with Gasteiger partial charge in [-0.3, -0.25) is 4.98 Å². The lowest BCUT2D eigenvalue weighted by atomic mass is 10.1. The van der Waals surface area contributed by atoms with Crippen LogP contribution >= 0.6 is 0 Å². The number of nitrogens with one attached hydrogen (secondary N) is 1. The summed E-state index contributed by atoms with van der Waals surface area (Å²) < 4.78 is 1.98. The van der Waals surface area contributed by atoms with Gasteiger partial charge in [-0.25, -0.2) is 9.67 Å². The van der Waals surface area contributed by atoms with Crippen molar-refractivity contribution >= 4 is 0 Å². The maximum Gasteiger partial charge on any atom is 0.138 e. The van der Waals surface area contributed by atoms with Gasteiger partial charge in [0, 0.05) is 30.9 Å². The zero-order valence-electron chi connectivity index (χ0n) is 12.5. The van der Waals surface area contributed by atoms with Gasteiger partial charge in [0.1, 0.15) is 12.2 Å². The van der Waals surface area contributed by atoms with E-state index in [1.54, 1.807) is 12.5 Å². The van der Waals surface area contributed by atoms with Gasteiger partial charge in [-0.1, -0.05) is 13.0 Å². The second-order valence-corrected chi connectivity index (χ2v) is 5.21. The predicted molar refractivity (Wildman–Crippen MR) is 79.4 cm³/mol. The summed E-state index contributed by atoms with van der Waals surface area (Å²) in [6.07, 6.45) is 7.29. The summed E-state index contributed by atoms with van der Waals surface area (Å²) in [5.74, 6) is 1.01. The fraction of sp³-hybridized carbons (Fsp3) is 0.533. The molecule has 20 heavy (non-hydrogen) atoms. The molecule has 0 amide bonds. The van der Waals surface area contributed by atoms with Crippen molar-refractivity contribution in [2.45, 2.75) is 45.7 Å². The van der Waals surface area contributed by atoms with E-state index < -0.39 is 0 Å². The van der Waals surface area contributed by atoms with E-state index in [0.717, 1.165) is 25.2 Å². The summed E-state index contributed by atoms with van der Waals surface area (Å²) in [5.41, 5.74) is 1.19. The Labute approximate surface area is 120 Å². The van der Waals surface area contributed by atoms with Crippen molar-refractivity contribution in [3.8, 4) is 0 Å². The highest BCUT2D eigenvalue weighted by Crippen LogP contribution is 2.18. The molecule has 0 saturated carbocycles. The first kappa shape index (κ1) is 14.7. The zero-order valence-corrected chi connectivity index (χ0v) is 12.5. The fourth-order valence-electron chi connectivity index (χ4n) is 2.24. The molecule has 108 valence electrons. The summed E-state index contributed by atoms with van der Waals surface area (Å²) in [6.45, 7) is 7.40. The Balaban J connectivity index is 2.17. The molecule has 2 heterocycles. The second-order valence-electron chi connectivity index (χ2n) is 5.21. The van der Waals surface area contributed by atoms with Crippen LogP contribution in [0, 0.1) is 0 Å². The van der Waals surface area contributed by atoms with E-state index in [-0.39, 0.29) is 6.04 Å². The van der Waals surface area contributed by atoms with Gasteiger partial charge in [-0.05, 0) is 38.4 Å². The molecule has 0 spiro atoms. The third-order valence-corrected chi connectivity index (χ3v) is 3.25. The summed E-state index contributed by atoms with van der Waals surface area (Å²) in [6, 6.07) is 4.64. The SMILES string of the molecule is CCCNC(Cc1ncnn1C(C)C)c1cccnc1. The van der Waals surface area contributed by atoms with Gasteiger partial charge in [0.05, 0.1) is 0 Å². The molecule has 1 N–H and O–H groups in total. The quantitative estimate of drug-likeness (QED) is 0.842. The first-order valence-electron chi connectivity index (χ1n) is 7.24. The lowest BCUT2D eigenvalue weighted by Gasteiger charge is -2.19. The topological polar surface area (TPSA) is 55.6 Å². The van der Waals surface area contributed by atoms with Crippen LogP contribution in [0.5, 0.6) is 0 Å². The zero-order chi connectivity index (χ0) is 14.4. The summed E-state index contributed by atoms with van der Waals surface area (Å²) in [4.78, 5) is 8.62. The largest absolute Gasteiger partial charge is 0.310 e. The number of hydrogen-bond donors (Lipinski definition) is 1. The van der Waals surface area contributed by atoms with Gasteiger partial charge < -0.3 is 5.32 Å². The monoisotopic (exact) mass is 273 g/mol. The van der Waals surface area contributed by atoms with Crippen LogP contribution in [0.2, 0.25) is 0 Å². The van der Waals surface area contributed by atoms with Crippen LogP contribution in [0.25, 0.3) is 0 Å². The molecule has 0 aliphatic heterocycles. The number of rotatable bonds is 7. The predicted octanol–water partition coefficient (Wildman–Crippen LogP) is 2.54. The Hall–Kier alpha value is -1.75. The maximum absolute atomic E-state index is 4.40. The minimum absolute atomic E-state index is 0.227. The number of aromatic nitrogens is 4. The van der Waals surface area contributed by atoms with Gasteiger partial charge in [0.25, 0.3) is 0 Å². The molecule has 2 rings (SSSR count). The van der Waals surface area contributed by atoms with Crippen LogP contribution in [0.15, 0.2) is 30.9 Å². The Morgan fingerprint density at radius 1 is 1.35 bits per heavy atom. The van der Waals surface area contributed by atoms with Crippen molar-refractivity contribution in [3.05, 3.63) is 42.2 Å². The molecule has 1 atom stereocenters. The molecular formula is C15H23N5. The molecule has 2 aromatic rings. The smallest absolute Gasteiger partial charge is 0.138 e. The Kier molecular flexibility index (Phi) is 5.24. The highest BCUT2D eigenvalue weighted by Gasteiger charge is 2.16. The summed E-state index contributed by atoms with van der Waals surface area (Å²) >= 11 is 0. The lowest BCUT2D eigenvalue weighted by molar-refractivity contribution is 0.462. The molecule has 2 aromatic heterocycles. The molecule has 1 unspecified atom stereocenters. The third kappa shape index (κ3) is 3.63. The van der Waals surface area contributed by atoms with E-state index in [0.29, 0.717) is 6.04 Å². The van der Waals surface area contributed by atoms with Crippen LogP contribution in [-0.2, 0) is 6.42 Å². The first-order valence-corrected chi connectivity index (χ1v) is 7.24. The van der Waals surface area contributed by atoms with E-state index in [4.69, 9.17) is 0 Å². The van der Waals surface area contributed by atoms with Crippen LogP contribution in [-0.4, -0.2) is 26.3 Å². The fourth-order valence-corrected chi connectivity index (χ4v) is 2.24. The second kappa shape index (κ2) is 7.14. The van der Waals surface area contributed by atoms with Crippen molar-refractivity contribution in [2.24, 2.45) is 0 Å². The molecule has 0 fully saturated rings. The van der Waals surface area contributed by atoms with Crippen molar-refractivity contribution in [1.82, 2.24) is 25.1 Å². The van der Waals surface area contributed by atoms with E-state index >= 15 is 0 Å². The van der Waals surface area contributed by atoms with Crippen LogP contribution < -0.4 is 5.32 Å². The highest BCUT2D eigenvalue weighted by molar-refractivity contribution is 5.15. The molecule has 0 aliphatic carbocycles. The average molecular weight is 273 g/mol. The van der Waals surface area contributed by atoms with Gasteiger partial charge in [0.2, 0.25) is 0 Å². The molecule has 0 bridgehead atoms. The molecule has 5 heteroatoms. The minimum Gasteiger partial charge on any atom is -0.310 e. The van der Waals surface area contributed by atoms with Crippen LogP contribution in [0.1, 0.15) is 50.7 Å². The van der Waals surface area contributed by atoms with Gasteiger partial charge in [0.15, 0.2) is 0 Å². The normalized spacial score (nSPS) is 12.8. The number of nitrogens with zero attached hydrogens (tertiary/aromatic N) is 4. The highest BCUT2D eigenvalue weighted by atomic mass is 15.3. The van der Waals surface area contributed by atoms with Crippen molar-refractivity contribution < 1.29 is 0 Å². The maximum atomic E-state index is 4.40. The molecule has 0 saturated heterocycles. The number of hydrogen-bond acceptors (Lipinski definition) is 4. The van der Waals surface area contributed by atoms with Crippen molar-refractivity contribution in [1.29, 1.82) is 0 Å². The van der Waals surface area contributed by atoms with Gasteiger partial charge in [-0.2, -0.15) is 5.10 Å². The van der Waals surface area contributed by atoms with E-state index in [1.807, 2.05) is 16.9 Å². The van der Waals surface area contributed by atoms with E-state index in [9.17, 15) is 0 Å². The Bertz CT molecular complexity index is 506. The lowest BCUT2D eigenvalue weighted by Crippen LogP contribution is -2.26. The van der Waals surface area contributed by atoms with Crippen molar-refractivity contribution in [2.75, 3.05) is 6.54 Å².